The zero-order valence-corrected chi connectivity index (χ0v) is 16.4. The minimum atomic E-state index is -0.484. The molecular weight excluding hydrogens is 364 g/mol. The Morgan fingerprint density at radius 2 is 2.07 bits per heavy atom. The number of carbonyl (C=O) groups excluding carboxylic acids is 1. The Morgan fingerprint density at radius 3 is 2.68 bits per heavy atom. The van der Waals surface area contributed by atoms with Crippen LogP contribution in [0.1, 0.15) is 16.8 Å². The molecule has 2 heterocycles. The van der Waals surface area contributed by atoms with Gasteiger partial charge in [-0.2, -0.15) is 0 Å². The fraction of sp³-hybridized carbons (Fsp3) is 0.632. The fourth-order valence-corrected chi connectivity index (χ4v) is 3.86. The Labute approximate surface area is 164 Å². The Bertz CT molecular complexity index is 700. The first-order chi connectivity index (χ1) is 13.5. The lowest BCUT2D eigenvalue weighted by atomic mass is 9.96. The molecule has 1 N–H and O–H groups in total. The van der Waals surface area contributed by atoms with E-state index in [4.69, 9.17) is 9.47 Å². The number of ether oxygens (including phenoxy) is 2. The maximum Gasteiger partial charge on any atom is 0.270 e. The monoisotopic (exact) mass is 392 g/mol. The van der Waals surface area contributed by atoms with Gasteiger partial charge in [-0.15, -0.1) is 0 Å². The molecule has 1 aromatic rings. The number of nitro groups is 1. The first kappa shape index (κ1) is 20.5. The van der Waals surface area contributed by atoms with Gasteiger partial charge in [-0.05, 0) is 12.5 Å². The number of rotatable bonds is 7. The van der Waals surface area contributed by atoms with Gasteiger partial charge in [0.25, 0.3) is 11.6 Å². The number of anilines is 1. The molecule has 0 aliphatic carbocycles. The maximum atomic E-state index is 12.9. The smallest absolute Gasteiger partial charge is 0.270 e. The van der Waals surface area contributed by atoms with Crippen molar-refractivity contribution in [2.24, 2.45) is 5.92 Å². The van der Waals surface area contributed by atoms with Crippen LogP contribution >= 0.6 is 0 Å². The number of nitrogens with one attached hydrogen (secondary N) is 1. The maximum absolute atomic E-state index is 12.9. The number of amides is 1. The lowest BCUT2D eigenvalue weighted by molar-refractivity contribution is -0.384. The summed E-state index contributed by atoms with van der Waals surface area (Å²) in [4.78, 5) is 27.7. The predicted octanol–water partition coefficient (Wildman–Crippen LogP) is 1.13. The molecule has 0 radical (unpaired) electrons. The second-order valence-electron chi connectivity index (χ2n) is 7.40. The zero-order valence-electron chi connectivity index (χ0n) is 16.4. The van der Waals surface area contributed by atoms with Crippen LogP contribution in [0.25, 0.3) is 0 Å². The van der Waals surface area contributed by atoms with Gasteiger partial charge in [-0.25, -0.2) is 0 Å². The molecule has 0 aromatic heterocycles. The quantitative estimate of drug-likeness (QED) is 0.549. The normalized spacial score (nSPS) is 21.3. The highest BCUT2D eigenvalue weighted by Crippen LogP contribution is 2.25. The van der Waals surface area contributed by atoms with Crippen LogP contribution < -0.4 is 10.2 Å². The van der Waals surface area contributed by atoms with Gasteiger partial charge in [-0.1, -0.05) is 0 Å². The molecule has 1 amide bonds. The highest BCUT2D eigenvalue weighted by Gasteiger charge is 2.32. The van der Waals surface area contributed by atoms with E-state index in [0.717, 1.165) is 26.1 Å². The molecule has 0 spiro atoms. The van der Waals surface area contributed by atoms with Crippen molar-refractivity contribution in [3.63, 3.8) is 0 Å². The minimum absolute atomic E-state index is 0.0929. The van der Waals surface area contributed by atoms with Crippen molar-refractivity contribution in [3.8, 4) is 0 Å². The lowest BCUT2D eigenvalue weighted by Gasteiger charge is -2.37. The molecule has 2 fully saturated rings. The van der Waals surface area contributed by atoms with Crippen LogP contribution in [0.5, 0.6) is 0 Å². The molecule has 3 rings (SSSR count). The molecular formula is C19H28N4O5. The van der Waals surface area contributed by atoms with Crippen molar-refractivity contribution < 1.29 is 19.2 Å². The molecule has 28 heavy (non-hydrogen) atoms. The Morgan fingerprint density at radius 1 is 1.32 bits per heavy atom. The molecule has 2 saturated heterocycles. The molecule has 1 aromatic carbocycles. The zero-order chi connectivity index (χ0) is 20.1. The molecule has 2 unspecified atom stereocenters. The van der Waals surface area contributed by atoms with E-state index in [-0.39, 0.29) is 17.6 Å². The Balaban J connectivity index is 1.74. The standard InChI is InChI=1S/C19H28N4O5/c1-21(2)17-4-3-15(23(25)26)11-16(17)19(24)20-12-18(14-5-8-28-13-14)22-6-9-27-10-7-22/h3-4,11,14,18H,5-10,12-13H2,1-2H3,(H,20,24). The molecule has 0 saturated carbocycles. The summed E-state index contributed by atoms with van der Waals surface area (Å²) in [5.74, 6) is 0.0569. The van der Waals surface area contributed by atoms with Crippen LogP contribution in [0, 0.1) is 16.0 Å². The van der Waals surface area contributed by atoms with Gasteiger partial charge in [0.05, 0.1) is 30.3 Å². The average Bonchev–Trinajstić information content (AvgIpc) is 3.22. The van der Waals surface area contributed by atoms with E-state index in [1.165, 1.54) is 12.1 Å². The molecule has 2 aliphatic heterocycles. The van der Waals surface area contributed by atoms with E-state index in [1.807, 2.05) is 14.1 Å². The summed E-state index contributed by atoms with van der Waals surface area (Å²) in [5.41, 5.74) is 0.863. The first-order valence-corrected chi connectivity index (χ1v) is 9.61. The summed E-state index contributed by atoms with van der Waals surface area (Å²) < 4.78 is 11.0. The van der Waals surface area contributed by atoms with E-state index in [0.29, 0.717) is 43.5 Å². The van der Waals surface area contributed by atoms with E-state index in [2.05, 4.69) is 10.2 Å². The Kier molecular flexibility index (Phi) is 6.82. The van der Waals surface area contributed by atoms with Crippen LogP contribution in [0.15, 0.2) is 18.2 Å². The van der Waals surface area contributed by atoms with Crippen LogP contribution in [0.4, 0.5) is 11.4 Å². The van der Waals surface area contributed by atoms with Crippen LogP contribution in [-0.4, -0.2) is 81.9 Å². The summed E-state index contributed by atoms with van der Waals surface area (Å²) in [6, 6.07) is 4.53. The third-order valence-corrected chi connectivity index (χ3v) is 5.41. The summed E-state index contributed by atoms with van der Waals surface area (Å²) in [7, 11) is 3.62. The Hall–Kier alpha value is -2.23. The van der Waals surface area contributed by atoms with Crippen molar-refractivity contribution >= 4 is 17.3 Å². The first-order valence-electron chi connectivity index (χ1n) is 9.61. The second-order valence-corrected chi connectivity index (χ2v) is 7.40. The third-order valence-electron chi connectivity index (χ3n) is 5.41. The third kappa shape index (κ3) is 4.78. The van der Waals surface area contributed by atoms with Gasteiger partial charge in [0.1, 0.15) is 0 Å². The number of hydrogen-bond donors (Lipinski definition) is 1. The van der Waals surface area contributed by atoms with E-state index in [1.54, 1.807) is 11.0 Å². The van der Waals surface area contributed by atoms with Crippen LogP contribution in [0.2, 0.25) is 0 Å². The lowest BCUT2D eigenvalue weighted by Crippen LogP contribution is -2.52. The van der Waals surface area contributed by atoms with Gasteiger partial charge in [-0.3, -0.25) is 19.8 Å². The number of non-ortho nitro benzene ring substituents is 1. The highest BCUT2D eigenvalue weighted by molar-refractivity contribution is 6.00. The van der Waals surface area contributed by atoms with E-state index < -0.39 is 4.92 Å². The van der Waals surface area contributed by atoms with Gasteiger partial charge in [0.15, 0.2) is 0 Å². The second kappa shape index (κ2) is 9.31. The van der Waals surface area contributed by atoms with Crippen LogP contribution in [-0.2, 0) is 9.47 Å². The van der Waals surface area contributed by atoms with Crippen molar-refractivity contribution in [3.05, 3.63) is 33.9 Å². The summed E-state index contributed by atoms with van der Waals surface area (Å²) in [6.45, 7) is 4.95. The van der Waals surface area contributed by atoms with Gasteiger partial charge in [0, 0.05) is 70.1 Å². The van der Waals surface area contributed by atoms with Gasteiger partial charge < -0.3 is 19.7 Å². The average molecular weight is 392 g/mol. The number of carbonyl (C=O) groups is 1. The fourth-order valence-electron chi connectivity index (χ4n) is 3.86. The van der Waals surface area contributed by atoms with Crippen molar-refractivity contribution in [1.82, 2.24) is 10.2 Å². The summed E-state index contributed by atoms with van der Waals surface area (Å²) in [5, 5.41) is 14.1. The molecule has 9 nitrogen and oxygen atoms in total. The van der Waals surface area contributed by atoms with Gasteiger partial charge >= 0.3 is 0 Å². The van der Waals surface area contributed by atoms with E-state index in [9.17, 15) is 14.9 Å². The topological polar surface area (TPSA) is 97.2 Å². The molecule has 0 bridgehead atoms. The van der Waals surface area contributed by atoms with Crippen molar-refractivity contribution in [2.45, 2.75) is 12.5 Å². The SMILES string of the molecule is CN(C)c1ccc([N+](=O)[O-])cc1C(=O)NCC(C1CCOC1)N1CCOCC1. The molecule has 9 heteroatoms. The number of nitro benzene ring substituents is 1. The van der Waals surface area contributed by atoms with Crippen molar-refractivity contribution in [2.75, 3.05) is 65.1 Å². The highest BCUT2D eigenvalue weighted by atomic mass is 16.6. The number of morpholine rings is 1. The summed E-state index contributed by atoms with van der Waals surface area (Å²) >= 11 is 0. The number of nitrogens with zero attached hydrogens (tertiary/aromatic N) is 3. The summed E-state index contributed by atoms with van der Waals surface area (Å²) in [6.07, 6.45) is 0.970. The molecule has 2 atom stereocenters. The van der Waals surface area contributed by atoms with E-state index >= 15 is 0 Å². The molecule has 2 aliphatic rings. The predicted molar refractivity (Wildman–Crippen MR) is 105 cm³/mol. The minimum Gasteiger partial charge on any atom is -0.381 e. The number of hydrogen-bond acceptors (Lipinski definition) is 7. The number of benzene rings is 1. The van der Waals surface area contributed by atoms with Crippen molar-refractivity contribution in [1.29, 1.82) is 0 Å². The van der Waals surface area contributed by atoms with Crippen LogP contribution in [0.3, 0.4) is 0 Å². The van der Waals surface area contributed by atoms with Gasteiger partial charge in [0.2, 0.25) is 0 Å². The largest absolute Gasteiger partial charge is 0.381 e. The molecule has 154 valence electrons.